The molecule has 0 unspecified atom stereocenters. The highest BCUT2D eigenvalue weighted by Crippen LogP contribution is 2.53. The summed E-state index contributed by atoms with van der Waals surface area (Å²) in [7, 11) is 0. The van der Waals surface area contributed by atoms with Crippen LogP contribution in [0.3, 0.4) is 0 Å². The molecule has 0 amide bonds. The first kappa shape index (κ1) is 25.3. The number of benzene rings is 8. The van der Waals surface area contributed by atoms with E-state index in [0.29, 0.717) is 0 Å². The molecule has 0 heteroatoms. The maximum atomic E-state index is 2.51. The summed E-state index contributed by atoms with van der Waals surface area (Å²) in [6.07, 6.45) is 0. The topological polar surface area (TPSA) is 0 Å². The molecule has 0 aromatic heterocycles. The van der Waals surface area contributed by atoms with Crippen molar-refractivity contribution >= 4 is 43.1 Å². The van der Waals surface area contributed by atoms with Crippen LogP contribution < -0.4 is 0 Å². The third kappa shape index (κ3) is 3.58. The molecule has 0 fully saturated rings. The van der Waals surface area contributed by atoms with Gasteiger partial charge >= 0.3 is 0 Å². The highest BCUT2D eigenvalue weighted by atomic mass is 14.3. The third-order valence-electron chi connectivity index (χ3n) is 9.65. The van der Waals surface area contributed by atoms with Gasteiger partial charge in [0.2, 0.25) is 0 Å². The summed E-state index contributed by atoms with van der Waals surface area (Å²) in [6.45, 7) is 8.85. The molecule has 44 heavy (non-hydrogen) atoms. The van der Waals surface area contributed by atoms with Crippen LogP contribution in [0.2, 0.25) is 0 Å². The Morgan fingerprint density at radius 1 is 0.318 bits per heavy atom. The number of rotatable bonds is 2. The van der Waals surface area contributed by atoms with Crippen molar-refractivity contribution in [2.45, 2.75) is 27.7 Å². The largest absolute Gasteiger partial charge is 0.0616 e. The van der Waals surface area contributed by atoms with Gasteiger partial charge in [-0.05, 0) is 133 Å². The second-order valence-corrected chi connectivity index (χ2v) is 12.9. The summed E-state index contributed by atoms with van der Waals surface area (Å²) >= 11 is 0. The number of hydrogen-bond acceptors (Lipinski definition) is 0. The van der Waals surface area contributed by atoms with Crippen molar-refractivity contribution in [1.29, 1.82) is 0 Å². The quantitative estimate of drug-likeness (QED) is 0.146. The molecule has 0 saturated carbocycles. The fraction of sp³-hybridized carbons (Fsp3) is 0.0909. The molecule has 0 nitrogen and oxygen atoms in total. The molecule has 8 aromatic rings. The minimum atomic E-state index is 1.29. The van der Waals surface area contributed by atoms with Crippen LogP contribution in [0, 0.1) is 27.7 Å². The van der Waals surface area contributed by atoms with E-state index in [-0.39, 0.29) is 0 Å². The van der Waals surface area contributed by atoms with Crippen LogP contribution in [0.15, 0.2) is 121 Å². The smallest absolute Gasteiger partial charge is 0.00199 e. The van der Waals surface area contributed by atoms with E-state index < -0.39 is 0 Å². The lowest BCUT2D eigenvalue weighted by Crippen LogP contribution is -1.94. The predicted molar refractivity (Wildman–Crippen MR) is 191 cm³/mol. The predicted octanol–water partition coefficient (Wildman–Crippen LogP) is 12.5. The average Bonchev–Trinajstić information content (AvgIpc) is 3.31. The number of aryl methyl sites for hydroxylation is 4. The van der Waals surface area contributed by atoms with E-state index >= 15 is 0 Å². The van der Waals surface area contributed by atoms with Gasteiger partial charge in [-0.1, -0.05) is 125 Å². The van der Waals surface area contributed by atoms with Gasteiger partial charge in [0.05, 0.1) is 0 Å². The van der Waals surface area contributed by atoms with Crippen molar-refractivity contribution < 1.29 is 0 Å². The normalized spacial score (nSPS) is 12.1. The van der Waals surface area contributed by atoms with Crippen LogP contribution in [0.4, 0.5) is 0 Å². The molecule has 1 aliphatic rings. The van der Waals surface area contributed by atoms with Crippen molar-refractivity contribution in [3.8, 4) is 44.5 Å². The van der Waals surface area contributed by atoms with Gasteiger partial charge in [-0.3, -0.25) is 0 Å². The highest BCUT2D eigenvalue weighted by Gasteiger charge is 2.26. The maximum Gasteiger partial charge on any atom is -0.00199 e. The van der Waals surface area contributed by atoms with Gasteiger partial charge in [-0.2, -0.15) is 0 Å². The second kappa shape index (κ2) is 9.15. The van der Waals surface area contributed by atoms with Gasteiger partial charge < -0.3 is 0 Å². The Balaban J connectivity index is 1.51. The van der Waals surface area contributed by atoms with Crippen LogP contribution in [0.25, 0.3) is 87.6 Å². The Morgan fingerprint density at radius 2 is 0.795 bits per heavy atom. The Kier molecular flexibility index (Phi) is 5.26. The lowest BCUT2D eigenvalue weighted by Gasteiger charge is -2.20. The van der Waals surface area contributed by atoms with Crippen LogP contribution in [-0.4, -0.2) is 0 Å². The van der Waals surface area contributed by atoms with Crippen LogP contribution >= 0.6 is 0 Å². The standard InChI is InChI=1S/C44H32/c1-25-16-26(2)19-30(18-25)42-34-12-7-8-13-35(34)43(31-20-27(3)17-28(4)21-31)41-24-38-37(23-40(41)42)36-15-9-14-33-32-11-6-5-10-29(32)22-39(38)44(33)36/h5-24H,1-4H3. The first-order chi connectivity index (χ1) is 21.4. The third-order valence-corrected chi connectivity index (χ3v) is 9.65. The number of hydrogen-bond donors (Lipinski definition) is 0. The van der Waals surface area contributed by atoms with E-state index in [9.17, 15) is 0 Å². The summed E-state index contributed by atoms with van der Waals surface area (Å²) in [4.78, 5) is 0. The molecule has 0 heterocycles. The SMILES string of the molecule is Cc1cc(C)cc(-c2c3ccccc3c(-c3cc(C)cc(C)c3)c3cc4c(cc23)-c2cccc3c2c-4cc2ccccc23)c1. The van der Waals surface area contributed by atoms with Crippen LogP contribution in [0.1, 0.15) is 22.3 Å². The van der Waals surface area contributed by atoms with Crippen LogP contribution in [-0.2, 0) is 0 Å². The zero-order valence-corrected chi connectivity index (χ0v) is 25.5. The average molecular weight is 561 g/mol. The fourth-order valence-electron chi connectivity index (χ4n) is 8.13. The molecule has 0 spiro atoms. The summed E-state index contributed by atoms with van der Waals surface area (Å²) in [5, 5.41) is 10.6. The molecule has 0 aliphatic heterocycles. The molecule has 1 aliphatic carbocycles. The molecular formula is C44H32. The zero-order chi connectivity index (χ0) is 29.7. The van der Waals surface area contributed by atoms with Gasteiger partial charge in [0.25, 0.3) is 0 Å². The second-order valence-electron chi connectivity index (χ2n) is 12.9. The van der Waals surface area contributed by atoms with E-state index in [1.165, 1.54) is 110 Å². The lowest BCUT2D eigenvalue weighted by molar-refractivity contribution is 1.38. The molecule has 208 valence electrons. The molecule has 0 radical (unpaired) electrons. The summed E-state index contributed by atoms with van der Waals surface area (Å²) < 4.78 is 0. The van der Waals surface area contributed by atoms with Crippen molar-refractivity contribution in [2.24, 2.45) is 0 Å². The molecule has 9 rings (SSSR count). The summed E-state index contributed by atoms with van der Waals surface area (Å²) in [6, 6.07) is 46.2. The molecular weight excluding hydrogens is 528 g/mol. The van der Waals surface area contributed by atoms with Crippen molar-refractivity contribution in [3.63, 3.8) is 0 Å². The fourth-order valence-corrected chi connectivity index (χ4v) is 8.13. The van der Waals surface area contributed by atoms with Gasteiger partial charge in [0, 0.05) is 0 Å². The Morgan fingerprint density at radius 3 is 1.36 bits per heavy atom. The van der Waals surface area contributed by atoms with Crippen molar-refractivity contribution in [3.05, 3.63) is 144 Å². The highest BCUT2D eigenvalue weighted by molar-refractivity contribution is 6.28. The Hall–Kier alpha value is -5.20. The van der Waals surface area contributed by atoms with Crippen LogP contribution in [0.5, 0.6) is 0 Å². The van der Waals surface area contributed by atoms with E-state index in [4.69, 9.17) is 0 Å². The van der Waals surface area contributed by atoms with Gasteiger partial charge in [0.1, 0.15) is 0 Å². The molecule has 8 aromatic carbocycles. The van der Waals surface area contributed by atoms with Gasteiger partial charge in [-0.15, -0.1) is 0 Å². The first-order valence-corrected chi connectivity index (χ1v) is 15.6. The van der Waals surface area contributed by atoms with Crippen molar-refractivity contribution in [1.82, 2.24) is 0 Å². The molecule has 0 bridgehead atoms. The van der Waals surface area contributed by atoms with E-state index in [1.54, 1.807) is 0 Å². The zero-order valence-electron chi connectivity index (χ0n) is 25.5. The lowest BCUT2D eigenvalue weighted by atomic mass is 9.83. The molecule has 0 atom stereocenters. The maximum absolute atomic E-state index is 2.51. The summed E-state index contributed by atoms with van der Waals surface area (Å²) in [5.41, 5.74) is 15.7. The summed E-state index contributed by atoms with van der Waals surface area (Å²) in [5.74, 6) is 0. The Bertz CT molecular complexity index is 2480. The molecule has 0 saturated heterocycles. The first-order valence-electron chi connectivity index (χ1n) is 15.6. The monoisotopic (exact) mass is 560 g/mol. The molecule has 0 N–H and O–H groups in total. The van der Waals surface area contributed by atoms with E-state index in [2.05, 4.69) is 149 Å². The minimum Gasteiger partial charge on any atom is -0.0616 e. The Labute approximate surface area is 258 Å². The van der Waals surface area contributed by atoms with Crippen molar-refractivity contribution in [2.75, 3.05) is 0 Å². The number of fused-ring (bicyclic) bond motifs is 7. The van der Waals surface area contributed by atoms with Gasteiger partial charge in [-0.25, -0.2) is 0 Å². The van der Waals surface area contributed by atoms with E-state index in [0.717, 1.165) is 0 Å². The van der Waals surface area contributed by atoms with E-state index in [1.807, 2.05) is 0 Å². The minimum absolute atomic E-state index is 1.29. The van der Waals surface area contributed by atoms with Gasteiger partial charge in [0.15, 0.2) is 0 Å².